The molecule has 35 heavy (non-hydrogen) atoms. The zero-order valence-corrected chi connectivity index (χ0v) is 22.0. The van der Waals surface area contributed by atoms with Crippen molar-refractivity contribution >= 4 is 25.0 Å². The summed E-state index contributed by atoms with van der Waals surface area (Å²) in [5, 5.41) is 26.2. The van der Waals surface area contributed by atoms with Crippen LogP contribution in [0.3, 0.4) is 0 Å². The number of rotatable bonds is 13. The van der Waals surface area contributed by atoms with Crippen LogP contribution in [0, 0.1) is 11.8 Å². The van der Waals surface area contributed by atoms with Crippen molar-refractivity contribution in [2.24, 2.45) is 11.8 Å². The van der Waals surface area contributed by atoms with Crippen molar-refractivity contribution in [1.29, 1.82) is 0 Å². The van der Waals surface area contributed by atoms with Crippen LogP contribution < -0.4 is 16.0 Å². The van der Waals surface area contributed by atoms with Gasteiger partial charge >= 0.3 is 13.2 Å². The van der Waals surface area contributed by atoms with Gasteiger partial charge < -0.3 is 30.7 Å². The second-order valence-electron chi connectivity index (χ2n) is 9.46. The Morgan fingerprint density at radius 2 is 1.57 bits per heavy atom. The lowest BCUT2D eigenvalue weighted by Crippen LogP contribution is -2.53. The summed E-state index contributed by atoms with van der Waals surface area (Å²) in [6, 6.07) is 8.34. The van der Waals surface area contributed by atoms with Crippen LogP contribution in [0.4, 0.5) is 4.79 Å². The molecule has 1 aromatic rings. The van der Waals surface area contributed by atoms with Gasteiger partial charge in [-0.3, -0.25) is 9.59 Å². The second kappa shape index (κ2) is 18.7. The van der Waals surface area contributed by atoms with E-state index in [-0.39, 0.29) is 19.1 Å². The van der Waals surface area contributed by atoms with Gasteiger partial charge in [0.1, 0.15) is 12.6 Å². The van der Waals surface area contributed by atoms with Gasteiger partial charge in [-0.15, -0.1) is 0 Å². The maximum atomic E-state index is 12.5. The lowest BCUT2D eigenvalue weighted by Gasteiger charge is -2.22. The summed E-state index contributed by atoms with van der Waals surface area (Å²) in [5.41, 5.74) is 0.826. The van der Waals surface area contributed by atoms with Gasteiger partial charge in [-0.2, -0.15) is 0 Å². The largest absolute Gasteiger partial charge is 0.475 e. The molecule has 9 nitrogen and oxygen atoms in total. The van der Waals surface area contributed by atoms with Crippen molar-refractivity contribution < 1.29 is 29.2 Å². The maximum absolute atomic E-state index is 12.5. The molecule has 0 bridgehead atoms. The highest BCUT2D eigenvalue weighted by Crippen LogP contribution is 2.06. The van der Waals surface area contributed by atoms with Crippen LogP contribution in [0.5, 0.6) is 0 Å². The van der Waals surface area contributed by atoms with Crippen molar-refractivity contribution in [3.8, 4) is 0 Å². The maximum Gasteiger partial charge on any atom is 0.475 e. The number of hydrogen-bond donors (Lipinski definition) is 5. The molecule has 0 heterocycles. The third-order valence-corrected chi connectivity index (χ3v) is 4.71. The van der Waals surface area contributed by atoms with Gasteiger partial charge in [0, 0.05) is 0 Å². The van der Waals surface area contributed by atoms with E-state index in [9.17, 15) is 24.4 Å². The SMILES string of the molecule is CC(C)C.CCCCCC(NC(=O)OCc1ccccc1)C(=O)NCC(=O)NC(B(O)O)C(C)C. The van der Waals surface area contributed by atoms with Gasteiger partial charge in [-0.1, -0.05) is 91.1 Å². The van der Waals surface area contributed by atoms with Crippen LogP contribution in [0.1, 0.15) is 72.8 Å². The summed E-state index contributed by atoms with van der Waals surface area (Å²) < 4.78 is 5.18. The molecule has 1 aromatic carbocycles. The lowest BCUT2D eigenvalue weighted by molar-refractivity contribution is -0.127. The van der Waals surface area contributed by atoms with E-state index in [2.05, 4.69) is 36.7 Å². The highest BCUT2D eigenvalue weighted by molar-refractivity contribution is 6.43. The number of unbranched alkanes of at least 4 members (excludes halogenated alkanes) is 2. The van der Waals surface area contributed by atoms with Crippen LogP contribution in [-0.2, 0) is 20.9 Å². The van der Waals surface area contributed by atoms with E-state index in [1.165, 1.54) is 0 Å². The van der Waals surface area contributed by atoms with Gasteiger partial charge in [-0.05, 0) is 23.8 Å². The molecule has 0 aromatic heterocycles. The summed E-state index contributed by atoms with van der Waals surface area (Å²) in [4.78, 5) is 36.8. The quantitative estimate of drug-likeness (QED) is 0.212. The van der Waals surface area contributed by atoms with Crippen LogP contribution in [0.25, 0.3) is 0 Å². The summed E-state index contributed by atoms with van der Waals surface area (Å²) in [5.74, 6) is -1.29. The van der Waals surface area contributed by atoms with Gasteiger partial charge in [0.15, 0.2) is 0 Å². The monoisotopic (exact) mass is 493 g/mol. The van der Waals surface area contributed by atoms with Crippen LogP contribution in [-0.4, -0.2) is 53.6 Å². The smallest absolute Gasteiger partial charge is 0.445 e. The van der Waals surface area contributed by atoms with E-state index < -0.39 is 37.0 Å². The molecule has 2 unspecified atom stereocenters. The molecule has 0 radical (unpaired) electrons. The zero-order chi connectivity index (χ0) is 26.8. The Balaban J connectivity index is 0.00000267. The Labute approximate surface area is 210 Å². The summed E-state index contributed by atoms with van der Waals surface area (Å²) in [7, 11) is -1.71. The highest BCUT2D eigenvalue weighted by atomic mass is 16.5. The molecule has 0 aliphatic rings. The van der Waals surface area contributed by atoms with E-state index in [1.54, 1.807) is 13.8 Å². The standard InChI is InChI=1S/C21H34BN3O6.C4H10/c1-4-5-7-12-17(24-21(28)31-14-16-10-8-6-9-11-16)20(27)23-13-18(26)25-19(15(2)3)22(29)30;1-4(2)3/h6,8-11,15,17,19,29-30H,4-5,7,12-14H2,1-3H3,(H,23,27)(H,24,28)(H,25,26);4H,1-3H3. The first-order valence-electron chi connectivity index (χ1n) is 12.4. The number of carbonyl (C=O) groups excluding carboxylic acids is 3. The third kappa shape index (κ3) is 16.6. The average molecular weight is 493 g/mol. The first kappa shape index (κ1) is 32.4. The van der Waals surface area contributed by atoms with E-state index in [0.717, 1.165) is 30.7 Å². The van der Waals surface area contributed by atoms with E-state index in [0.29, 0.717) is 6.42 Å². The van der Waals surface area contributed by atoms with Crippen molar-refractivity contribution in [3.63, 3.8) is 0 Å². The van der Waals surface area contributed by atoms with Gasteiger partial charge in [0.2, 0.25) is 11.8 Å². The number of amides is 3. The predicted octanol–water partition coefficient (Wildman–Crippen LogP) is 2.79. The Hall–Kier alpha value is -2.59. The molecule has 0 saturated heterocycles. The lowest BCUT2D eigenvalue weighted by atomic mass is 9.73. The summed E-state index contributed by atoms with van der Waals surface area (Å²) >= 11 is 0. The predicted molar refractivity (Wildman–Crippen MR) is 138 cm³/mol. The van der Waals surface area contributed by atoms with Crippen LogP contribution >= 0.6 is 0 Å². The molecule has 0 fully saturated rings. The molecule has 2 atom stereocenters. The van der Waals surface area contributed by atoms with Crippen LogP contribution in [0.15, 0.2) is 30.3 Å². The van der Waals surface area contributed by atoms with E-state index in [1.807, 2.05) is 37.3 Å². The Bertz CT molecular complexity index is 720. The van der Waals surface area contributed by atoms with Gasteiger partial charge in [-0.25, -0.2) is 4.79 Å². The van der Waals surface area contributed by atoms with E-state index >= 15 is 0 Å². The summed E-state index contributed by atoms with van der Waals surface area (Å²) in [6.45, 7) is 11.7. The molecule has 10 heteroatoms. The third-order valence-electron chi connectivity index (χ3n) is 4.71. The van der Waals surface area contributed by atoms with Gasteiger partial charge in [0.05, 0.1) is 12.5 Å². The minimum Gasteiger partial charge on any atom is -0.445 e. The first-order valence-corrected chi connectivity index (χ1v) is 12.4. The molecule has 0 saturated carbocycles. The van der Waals surface area contributed by atoms with Crippen molar-refractivity contribution in [2.75, 3.05) is 6.54 Å². The number of ether oxygens (including phenoxy) is 1. The number of alkyl carbamates (subject to hydrolysis) is 1. The van der Waals surface area contributed by atoms with Crippen LogP contribution in [0.2, 0.25) is 0 Å². The molecule has 0 aliphatic carbocycles. The Morgan fingerprint density at radius 3 is 2.09 bits per heavy atom. The number of hydrogen-bond acceptors (Lipinski definition) is 6. The first-order chi connectivity index (χ1) is 16.5. The Kier molecular flexibility index (Phi) is 17.3. The number of carbonyl (C=O) groups is 3. The fourth-order valence-corrected chi connectivity index (χ4v) is 2.89. The number of nitrogens with one attached hydrogen (secondary N) is 3. The molecule has 0 spiro atoms. The summed E-state index contributed by atoms with van der Waals surface area (Å²) in [6.07, 6.45) is 2.27. The minimum atomic E-state index is -1.71. The zero-order valence-electron chi connectivity index (χ0n) is 22.0. The van der Waals surface area contributed by atoms with E-state index in [4.69, 9.17) is 4.74 Å². The van der Waals surface area contributed by atoms with Crippen molar-refractivity contribution in [2.45, 2.75) is 85.8 Å². The fraction of sp³-hybridized carbons (Fsp3) is 0.640. The molecular weight excluding hydrogens is 449 g/mol. The molecular formula is C25H44BN3O6. The highest BCUT2D eigenvalue weighted by Gasteiger charge is 2.28. The molecule has 1 rings (SSSR count). The minimum absolute atomic E-state index is 0.0818. The van der Waals surface area contributed by atoms with Crippen molar-refractivity contribution in [1.82, 2.24) is 16.0 Å². The second-order valence-corrected chi connectivity index (χ2v) is 9.46. The molecule has 198 valence electrons. The average Bonchev–Trinajstić information content (AvgIpc) is 2.79. The topological polar surface area (TPSA) is 137 Å². The Morgan fingerprint density at radius 1 is 0.971 bits per heavy atom. The normalized spacial score (nSPS) is 12.2. The number of benzene rings is 1. The van der Waals surface area contributed by atoms with Gasteiger partial charge in [0.25, 0.3) is 0 Å². The molecule has 0 aliphatic heterocycles. The van der Waals surface area contributed by atoms with Crippen molar-refractivity contribution in [3.05, 3.63) is 35.9 Å². The molecule has 3 amide bonds. The fourth-order valence-electron chi connectivity index (χ4n) is 2.89. The molecule has 5 N–H and O–H groups in total.